The van der Waals surface area contributed by atoms with E-state index in [1.54, 1.807) is 0 Å². The minimum Gasteiger partial charge on any atom is -0.313 e. The van der Waals surface area contributed by atoms with Gasteiger partial charge in [0.05, 0.1) is 11.6 Å². The summed E-state index contributed by atoms with van der Waals surface area (Å²) in [6.45, 7) is 3.88. The van der Waals surface area contributed by atoms with E-state index in [4.69, 9.17) is 11.7 Å². The number of aryl methyl sites for hydroxylation is 1. The first-order chi connectivity index (χ1) is 8.27. The number of rotatable bonds is 6. The summed E-state index contributed by atoms with van der Waals surface area (Å²) in [4.78, 5) is 0. The minimum atomic E-state index is 0.722. The van der Waals surface area contributed by atoms with E-state index in [2.05, 4.69) is 17.3 Å². The van der Waals surface area contributed by atoms with Gasteiger partial charge in [0.15, 0.2) is 0 Å². The second-order valence-corrected chi connectivity index (χ2v) is 4.09. The van der Waals surface area contributed by atoms with E-state index in [0.29, 0.717) is 0 Å². The van der Waals surface area contributed by atoms with Gasteiger partial charge in [-0.15, -0.1) is 12.3 Å². The molecule has 1 aromatic carbocycles. The largest absolute Gasteiger partial charge is 0.313 e. The van der Waals surface area contributed by atoms with Crippen LogP contribution in [0.5, 0.6) is 0 Å². The molecule has 0 heterocycles. The molecule has 0 amide bonds. The molecule has 2 nitrogen and oxygen atoms in total. The summed E-state index contributed by atoms with van der Waals surface area (Å²) in [6.07, 6.45) is 8.23. The average molecular weight is 226 g/mol. The summed E-state index contributed by atoms with van der Waals surface area (Å²) in [6, 6.07) is 7.95. The van der Waals surface area contributed by atoms with Gasteiger partial charge in [0.25, 0.3) is 0 Å². The van der Waals surface area contributed by atoms with E-state index < -0.39 is 0 Å². The standard InChI is InChI=1S/C15H18N2/c1-3-4-5-6-9-17-12-15-8-7-14(11-16)10-13(15)2/h1,7-8,10,17H,4-6,9,12H2,2H3. The second kappa shape index (κ2) is 7.49. The van der Waals surface area contributed by atoms with Crippen LogP contribution in [-0.2, 0) is 6.54 Å². The predicted octanol–water partition coefficient (Wildman–Crippen LogP) is 2.76. The third-order valence-electron chi connectivity index (χ3n) is 2.71. The molecule has 0 radical (unpaired) electrons. The minimum absolute atomic E-state index is 0.722. The first-order valence-electron chi connectivity index (χ1n) is 5.91. The Morgan fingerprint density at radius 3 is 2.82 bits per heavy atom. The van der Waals surface area contributed by atoms with Gasteiger partial charge in [-0.3, -0.25) is 0 Å². The summed E-state index contributed by atoms with van der Waals surface area (Å²) < 4.78 is 0. The Bertz CT molecular complexity index is 435. The van der Waals surface area contributed by atoms with Crippen molar-refractivity contribution in [2.45, 2.75) is 32.7 Å². The maximum absolute atomic E-state index is 8.77. The van der Waals surface area contributed by atoms with Crippen LogP contribution < -0.4 is 5.32 Å². The fourth-order valence-corrected chi connectivity index (χ4v) is 1.66. The lowest BCUT2D eigenvalue weighted by Gasteiger charge is -2.07. The van der Waals surface area contributed by atoms with Gasteiger partial charge < -0.3 is 5.32 Å². The Labute approximate surface area is 104 Å². The highest BCUT2D eigenvalue weighted by atomic mass is 14.8. The average Bonchev–Trinajstić information content (AvgIpc) is 2.35. The zero-order chi connectivity index (χ0) is 12.5. The van der Waals surface area contributed by atoms with Crippen molar-refractivity contribution < 1.29 is 0 Å². The molecular weight excluding hydrogens is 208 g/mol. The highest BCUT2D eigenvalue weighted by Gasteiger charge is 1.99. The normalized spacial score (nSPS) is 9.59. The van der Waals surface area contributed by atoms with E-state index in [1.807, 2.05) is 25.1 Å². The van der Waals surface area contributed by atoms with Crippen LogP contribution in [0.2, 0.25) is 0 Å². The van der Waals surface area contributed by atoms with E-state index in [0.717, 1.165) is 37.9 Å². The monoisotopic (exact) mass is 226 g/mol. The first kappa shape index (κ1) is 13.3. The van der Waals surface area contributed by atoms with Crippen molar-refractivity contribution in [2.24, 2.45) is 0 Å². The number of nitrogens with one attached hydrogen (secondary N) is 1. The van der Waals surface area contributed by atoms with Crippen molar-refractivity contribution in [3.8, 4) is 18.4 Å². The third kappa shape index (κ3) is 4.72. The van der Waals surface area contributed by atoms with Gasteiger partial charge in [0, 0.05) is 13.0 Å². The topological polar surface area (TPSA) is 35.8 Å². The number of unbranched alkanes of at least 4 members (excludes halogenated alkanes) is 2. The molecule has 0 aromatic heterocycles. The molecule has 0 bridgehead atoms. The van der Waals surface area contributed by atoms with Gasteiger partial charge in [0.2, 0.25) is 0 Å². The number of hydrogen-bond acceptors (Lipinski definition) is 2. The number of nitrogens with zero attached hydrogens (tertiary/aromatic N) is 1. The second-order valence-electron chi connectivity index (χ2n) is 4.09. The predicted molar refractivity (Wildman–Crippen MR) is 70.3 cm³/mol. The van der Waals surface area contributed by atoms with Gasteiger partial charge in [-0.05, 0) is 49.6 Å². The van der Waals surface area contributed by atoms with Crippen LogP contribution >= 0.6 is 0 Å². The van der Waals surface area contributed by atoms with E-state index >= 15 is 0 Å². The maximum atomic E-state index is 8.77. The van der Waals surface area contributed by atoms with Crippen LogP contribution in [0.1, 0.15) is 36.0 Å². The number of benzene rings is 1. The van der Waals surface area contributed by atoms with Gasteiger partial charge in [-0.25, -0.2) is 0 Å². The van der Waals surface area contributed by atoms with Crippen molar-refractivity contribution in [3.05, 3.63) is 34.9 Å². The van der Waals surface area contributed by atoms with Crippen LogP contribution in [-0.4, -0.2) is 6.54 Å². The maximum Gasteiger partial charge on any atom is 0.0991 e. The summed E-state index contributed by atoms with van der Waals surface area (Å²) in [7, 11) is 0. The Morgan fingerprint density at radius 1 is 1.35 bits per heavy atom. The lowest BCUT2D eigenvalue weighted by molar-refractivity contribution is 0.628. The van der Waals surface area contributed by atoms with Crippen molar-refractivity contribution in [1.82, 2.24) is 5.32 Å². The van der Waals surface area contributed by atoms with Crippen LogP contribution in [0.4, 0.5) is 0 Å². The molecule has 88 valence electrons. The smallest absolute Gasteiger partial charge is 0.0991 e. The fraction of sp³-hybridized carbons (Fsp3) is 0.400. The molecule has 2 heteroatoms. The molecule has 1 aromatic rings. The Kier molecular flexibility index (Phi) is 5.86. The number of hydrogen-bond donors (Lipinski definition) is 1. The molecule has 0 spiro atoms. The SMILES string of the molecule is C#CCCCCNCc1ccc(C#N)cc1C. The van der Waals surface area contributed by atoms with Crippen molar-refractivity contribution in [3.63, 3.8) is 0 Å². The Morgan fingerprint density at radius 2 is 2.18 bits per heavy atom. The molecule has 0 saturated carbocycles. The quantitative estimate of drug-likeness (QED) is 0.598. The molecule has 0 aliphatic heterocycles. The van der Waals surface area contributed by atoms with Gasteiger partial charge >= 0.3 is 0 Å². The van der Waals surface area contributed by atoms with Crippen LogP contribution in [0.3, 0.4) is 0 Å². The molecule has 17 heavy (non-hydrogen) atoms. The van der Waals surface area contributed by atoms with Gasteiger partial charge in [-0.1, -0.05) is 6.07 Å². The summed E-state index contributed by atoms with van der Waals surface area (Å²) in [5.74, 6) is 2.64. The zero-order valence-electron chi connectivity index (χ0n) is 10.3. The molecule has 0 aliphatic carbocycles. The third-order valence-corrected chi connectivity index (χ3v) is 2.71. The molecule has 1 rings (SSSR count). The zero-order valence-corrected chi connectivity index (χ0v) is 10.3. The van der Waals surface area contributed by atoms with E-state index in [-0.39, 0.29) is 0 Å². The fourth-order valence-electron chi connectivity index (χ4n) is 1.66. The highest BCUT2D eigenvalue weighted by Crippen LogP contribution is 2.10. The summed E-state index contributed by atoms with van der Waals surface area (Å²) in [5.41, 5.74) is 3.14. The molecule has 0 unspecified atom stereocenters. The van der Waals surface area contributed by atoms with Crippen molar-refractivity contribution in [1.29, 1.82) is 5.26 Å². The summed E-state index contributed by atoms with van der Waals surface area (Å²) in [5, 5.41) is 12.2. The summed E-state index contributed by atoms with van der Waals surface area (Å²) >= 11 is 0. The highest BCUT2D eigenvalue weighted by molar-refractivity contribution is 5.37. The van der Waals surface area contributed by atoms with Gasteiger partial charge in [0.1, 0.15) is 0 Å². The lowest BCUT2D eigenvalue weighted by Crippen LogP contribution is -2.15. The van der Waals surface area contributed by atoms with Crippen LogP contribution in [0.15, 0.2) is 18.2 Å². The lowest BCUT2D eigenvalue weighted by atomic mass is 10.1. The van der Waals surface area contributed by atoms with Crippen LogP contribution in [0.25, 0.3) is 0 Å². The van der Waals surface area contributed by atoms with E-state index in [9.17, 15) is 0 Å². The van der Waals surface area contributed by atoms with Crippen molar-refractivity contribution in [2.75, 3.05) is 6.54 Å². The molecule has 0 fully saturated rings. The first-order valence-corrected chi connectivity index (χ1v) is 5.91. The number of nitriles is 1. The Hall–Kier alpha value is -1.77. The number of terminal acetylenes is 1. The van der Waals surface area contributed by atoms with Crippen LogP contribution in [0, 0.1) is 30.6 Å². The Balaban J connectivity index is 2.33. The van der Waals surface area contributed by atoms with Crippen molar-refractivity contribution >= 4 is 0 Å². The molecule has 0 aliphatic rings. The van der Waals surface area contributed by atoms with E-state index in [1.165, 1.54) is 11.1 Å². The molecular formula is C15H18N2. The molecule has 0 saturated heterocycles. The van der Waals surface area contributed by atoms with Gasteiger partial charge in [-0.2, -0.15) is 5.26 Å². The molecule has 0 atom stereocenters. The molecule has 1 N–H and O–H groups in total.